The number of hydrogen-bond donors (Lipinski definition) is 2. The van der Waals surface area contributed by atoms with Crippen molar-refractivity contribution in [2.24, 2.45) is 0 Å². The molecule has 0 saturated heterocycles. The molecule has 0 radical (unpaired) electrons. The Hall–Kier alpha value is -1.10. The summed E-state index contributed by atoms with van der Waals surface area (Å²) >= 11 is 5.85. The van der Waals surface area contributed by atoms with E-state index >= 15 is 0 Å². The van der Waals surface area contributed by atoms with Crippen LogP contribution >= 0.6 is 11.6 Å². The van der Waals surface area contributed by atoms with E-state index in [9.17, 15) is 4.79 Å². The largest absolute Gasteiger partial charge is 0.383 e. The fourth-order valence-electron chi connectivity index (χ4n) is 1.74. The van der Waals surface area contributed by atoms with E-state index in [1.54, 1.807) is 19.2 Å². The zero-order valence-corrected chi connectivity index (χ0v) is 9.67. The van der Waals surface area contributed by atoms with Crippen LogP contribution in [0.4, 0.5) is 5.69 Å². The van der Waals surface area contributed by atoms with E-state index in [0.717, 1.165) is 11.3 Å². The van der Waals surface area contributed by atoms with Gasteiger partial charge in [-0.2, -0.15) is 0 Å². The number of rotatable bonds is 4. The molecule has 0 bridgehead atoms. The molecule has 86 valence electrons. The number of amides is 1. The van der Waals surface area contributed by atoms with E-state index in [-0.39, 0.29) is 11.9 Å². The predicted octanol–water partition coefficient (Wildman–Crippen LogP) is 1.57. The number of methoxy groups -OCH3 is 1. The number of halogens is 1. The minimum Gasteiger partial charge on any atom is -0.383 e. The molecule has 0 spiro atoms. The SMILES string of the molecule is COCCNC1C(=O)Nc2cc(Cl)ccc21. The van der Waals surface area contributed by atoms with Gasteiger partial charge in [-0.3, -0.25) is 10.1 Å². The van der Waals surface area contributed by atoms with E-state index in [1.807, 2.05) is 6.07 Å². The molecule has 5 heteroatoms. The van der Waals surface area contributed by atoms with Crippen molar-refractivity contribution in [3.63, 3.8) is 0 Å². The summed E-state index contributed by atoms with van der Waals surface area (Å²) in [5.41, 5.74) is 1.72. The third-order valence-corrected chi connectivity index (χ3v) is 2.74. The van der Waals surface area contributed by atoms with E-state index in [2.05, 4.69) is 10.6 Å². The summed E-state index contributed by atoms with van der Waals surface area (Å²) in [4.78, 5) is 11.7. The second kappa shape index (κ2) is 4.82. The first-order valence-corrected chi connectivity index (χ1v) is 5.43. The van der Waals surface area contributed by atoms with Gasteiger partial charge in [0.05, 0.1) is 6.61 Å². The molecular weight excluding hydrogens is 228 g/mol. The van der Waals surface area contributed by atoms with Gasteiger partial charge in [-0.1, -0.05) is 17.7 Å². The second-order valence-electron chi connectivity index (χ2n) is 3.60. The first-order valence-electron chi connectivity index (χ1n) is 5.05. The molecule has 0 saturated carbocycles. The standard InChI is InChI=1S/C11H13ClN2O2/c1-16-5-4-13-10-8-3-2-7(12)6-9(8)14-11(10)15/h2-3,6,10,13H,4-5H2,1H3,(H,14,15). The zero-order chi connectivity index (χ0) is 11.5. The topological polar surface area (TPSA) is 50.4 Å². The maximum Gasteiger partial charge on any atom is 0.246 e. The van der Waals surface area contributed by atoms with Crippen LogP contribution in [0, 0.1) is 0 Å². The van der Waals surface area contributed by atoms with Gasteiger partial charge in [0.1, 0.15) is 6.04 Å². The van der Waals surface area contributed by atoms with Crippen LogP contribution < -0.4 is 10.6 Å². The Morgan fingerprint density at radius 3 is 3.12 bits per heavy atom. The lowest BCUT2D eigenvalue weighted by atomic mass is 10.1. The van der Waals surface area contributed by atoms with Crippen LogP contribution in [-0.4, -0.2) is 26.2 Å². The second-order valence-corrected chi connectivity index (χ2v) is 4.04. The Bertz CT molecular complexity index is 409. The van der Waals surface area contributed by atoms with Crippen molar-refractivity contribution in [1.29, 1.82) is 0 Å². The van der Waals surface area contributed by atoms with Crippen molar-refractivity contribution < 1.29 is 9.53 Å². The number of hydrogen-bond acceptors (Lipinski definition) is 3. The quantitative estimate of drug-likeness (QED) is 0.786. The normalized spacial score (nSPS) is 18.4. The van der Waals surface area contributed by atoms with Gasteiger partial charge in [-0.25, -0.2) is 0 Å². The van der Waals surface area contributed by atoms with Crippen LogP contribution in [0.25, 0.3) is 0 Å². The average Bonchev–Trinajstić information content (AvgIpc) is 2.55. The highest BCUT2D eigenvalue weighted by atomic mass is 35.5. The molecule has 4 nitrogen and oxygen atoms in total. The van der Waals surface area contributed by atoms with Crippen molar-refractivity contribution in [1.82, 2.24) is 5.32 Å². The maximum atomic E-state index is 11.7. The van der Waals surface area contributed by atoms with Crippen LogP contribution in [-0.2, 0) is 9.53 Å². The summed E-state index contributed by atoms with van der Waals surface area (Å²) in [5.74, 6) is -0.0478. The van der Waals surface area contributed by atoms with Crippen molar-refractivity contribution in [2.75, 3.05) is 25.6 Å². The van der Waals surface area contributed by atoms with Crippen LogP contribution in [0.1, 0.15) is 11.6 Å². The molecule has 1 aromatic rings. The molecule has 1 aliphatic rings. The number of benzene rings is 1. The number of ether oxygens (including phenoxy) is 1. The summed E-state index contributed by atoms with van der Waals surface area (Å²) < 4.78 is 4.93. The monoisotopic (exact) mass is 240 g/mol. The van der Waals surface area contributed by atoms with Gasteiger partial charge in [0, 0.05) is 29.9 Å². The highest BCUT2D eigenvalue weighted by molar-refractivity contribution is 6.31. The number of anilines is 1. The third-order valence-electron chi connectivity index (χ3n) is 2.50. The Morgan fingerprint density at radius 2 is 2.38 bits per heavy atom. The fraction of sp³-hybridized carbons (Fsp3) is 0.364. The molecule has 1 aliphatic heterocycles. The third kappa shape index (κ3) is 2.19. The number of nitrogens with one attached hydrogen (secondary N) is 2. The van der Waals surface area contributed by atoms with Gasteiger partial charge in [0.25, 0.3) is 0 Å². The molecule has 1 aromatic carbocycles. The summed E-state index contributed by atoms with van der Waals surface area (Å²) in [7, 11) is 1.63. The Morgan fingerprint density at radius 1 is 1.56 bits per heavy atom. The number of carbonyl (C=O) groups excluding carboxylic acids is 1. The first kappa shape index (κ1) is 11.4. The number of carbonyl (C=O) groups is 1. The molecule has 2 rings (SSSR count). The molecule has 1 heterocycles. The lowest BCUT2D eigenvalue weighted by molar-refractivity contribution is -0.117. The van der Waals surface area contributed by atoms with Gasteiger partial charge in [0.2, 0.25) is 5.91 Å². The molecule has 1 unspecified atom stereocenters. The van der Waals surface area contributed by atoms with E-state index in [4.69, 9.17) is 16.3 Å². The van der Waals surface area contributed by atoms with Crippen molar-refractivity contribution in [2.45, 2.75) is 6.04 Å². The molecule has 0 aliphatic carbocycles. The van der Waals surface area contributed by atoms with Crippen molar-refractivity contribution in [3.05, 3.63) is 28.8 Å². The van der Waals surface area contributed by atoms with Crippen LogP contribution in [0.5, 0.6) is 0 Å². The van der Waals surface area contributed by atoms with Crippen molar-refractivity contribution >= 4 is 23.2 Å². The molecule has 0 aromatic heterocycles. The maximum absolute atomic E-state index is 11.7. The van der Waals surface area contributed by atoms with E-state index in [0.29, 0.717) is 18.2 Å². The Labute approximate surface area is 98.9 Å². The smallest absolute Gasteiger partial charge is 0.246 e. The van der Waals surface area contributed by atoms with Crippen molar-refractivity contribution in [3.8, 4) is 0 Å². The summed E-state index contributed by atoms with van der Waals surface area (Å²) in [5, 5.41) is 6.54. The predicted molar refractivity (Wildman–Crippen MR) is 62.7 cm³/mol. The number of fused-ring (bicyclic) bond motifs is 1. The Balaban J connectivity index is 2.13. The molecular formula is C11H13ClN2O2. The molecule has 2 N–H and O–H groups in total. The van der Waals surface area contributed by atoms with Gasteiger partial charge < -0.3 is 10.1 Å². The van der Waals surface area contributed by atoms with Crippen LogP contribution in [0.3, 0.4) is 0 Å². The van der Waals surface area contributed by atoms with Crippen LogP contribution in [0.15, 0.2) is 18.2 Å². The minimum absolute atomic E-state index is 0.0478. The lowest BCUT2D eigenvalue weighted by Gasteiger charge is -2.10. The summed E-state index contributed by atoms with van der Waals surface area (Å²) in [6.45, 7) is 1.21. The Kier molecular flexibility index (Phi) is 3.43. The summed E-state index contributed by atoms with van der Waals surface area (Å²) in [6.07, 6.45) is 0. The highest BCUT2D eigenvalue weighted by Gasteiger charge is 2.29. The fourth-order valence-corrected chi connectivity index (χ4v) is 1.91. The van der Waals surface area contributed by atoms with Gasteiger partial charge in [0.15, 0.2) is 0 Å². The first-order chi connectivity index (χ1) is 7.72. The van der Waals surface area contributed by atoms with Gasteiger partial charge in [-0.05, 0) is 12.1 Å². The summed E-state index contributed by atoms with van der Waals surface area (Å²) in [6, 6.07) is 5.10. The average molecular weight is 241 g/mol. The van der Waals surface area contributed by atoms with Gasteiger partial charge in [-0.15, -0.1) is 0 Å². The van der Waals surface area contributed by atoms with Gasteiger partial charge >= 0.3 is 0 Å². The minimum atomic E-state index is -0.303. The molecule has 1 atom stereocenters. The van der Waals surface area contributed by atoms with Crippen LogP contribution in [0.2, 0.25) is 5.02 Å². The molecule has 1 amide bonds. The molecule has 0 fully saturated rings. The highest BCUT2D eigenvalue weighted by Crippen LogP contribution is 2.32. The van der Waals surface area contributed by atoms with E-state index < -0.39 is 0 Å². The lowest BCUT2D eigenvalue weighted by Crippen LogP contribution is -2.30. The molecule has 16 heavy (non-hydrogen) atoms. The van der Waals surface area contributed by atoms with E-state index in [1.165, 1.54) is 0 Å². The zero-order valence-electron chi connectivity index (χ0n) is 8.92.